The Kier molecular flexibility index (Phi) is 4.76. The topological polar surface area (TPSA) is 67.8 Å². The van der Waals surface area contributed by atoms with Crippen molar-refractivity contribution in [2.45, 2.75) is 24.3 Å². The summed E-state index contributed by atoms with van der Waals surface area (Å²) in [5.74, 6) is 0. The van der Waals surface area contributed by atoms with E-state index in [1.54, 1.807) is 0 Å². The molecular weight excluding hydrogens is 218 g/mol. The van der Waals surface area contributed by atoms with Crippen molar-refractivity contribution in [2.75, 3.05) is 33.2 Å². The molecule has 2 rings (SSSR count). The minimum absolute atomic E-state index is 0. The number of aliphatic hydroxyl groups is 2. The van der Waals surface area contributed by atoms with E-state index in [9.17, 15) is 10.2 Å². The van der Waals surface area contributed by atoms with Crippen LogP contribution in [0.15, 0.2) is 0 Å². The molecule has 0 amide bonds. The summed E-state index contributed by atoms with van der Waals surface area (Å²) in [6.45, 7) is 2.93. The monoisotopic (exact) mass is 237 g/mol. The average molecular weight is 238 g/mol. The molecule has 0 saturated carbocycles. The first-order valence-electron chi connectivity index (χ1n) is 5.19. The minimum atomic E-state index is -0.312. The van der Waals surface area contributed by atoms with Crippen LogP contribution < -0.4 is 10.6 Å². The van der Waals surface area contributed by atoms with E-state index in [4.69, 9.17) is 0 Å². The molecule has 2 heterocycles. The van der Waals surface area contributed by atoms with E-state index in [1.807, 2.05) is 7.05 Å². The van der Waals surface area contributed by atoms with E-state index in [0.717, 1.165) is 13.1 Å². The summed E-state index contributed by atoms with van der Waals surface area (Å²) >= 11 is 0. The number of hydrogen-bond donors (Lipinski definition) is 4. The first-order chi connectivity index (χ1) is 6.70. The lowest BCUT2D eigenvalue weighted by Gasteiger charge is -2.33. The number of β-amino-alcohol motifs (C(OH)–C–C–N with tert-alkyl or cyclic N) is 2. The number of nitrogens with zero attached hydrogens (tertiary/aromatic N) is 1. The second-order valence-corrected chi connectivity index (χ2v) is 4.25. The molecule has 4 N–H and O–H groups in total. The molecule has 4 atom stereocenters. The molecule has 6 heteroatoms. The Morgan fingerprint density at radius 1 is 0.933 bits per heavy atom. The van der Waals surface area contributed by atoms with Crippen molar-refractivity contribution in [3.8, 4) is 0 Å². The highest BCUT2D eigenvalue weighted by molar-refractivity contribution is 5.85. The summed E-state index contributed by atoms with van der Waals surface area (Å²) in [4.78, 5) is 2.09. The van der Waals surface area contributed by atoms with Gasteiger partial charge >= 0.3 is 0 Å². The standard InChI is InChI=1S/C9H19N3O2.ClH/c1-12(6-2-10-4-8(6)13)7-3-11-5-9(7)14;/h6-11,13-14H,2-5H2,1H3;1H/t6-,7-,8-,9-;/m1./s1. The zero-order valence-corrected chi connectivity index (χ0v) is 9.70. The third-order valence-electron chi connectivity index (χ3n) is 3.35. The van der Waals surface area contributed by atoms with E-state index >= 15 is 0 Å². The predicted molar refractivity (Wildman–Crippen MR) is 60.3 cm³/mol. The Balaban J connectivity index is 0.00000112. The highest BCUT2D eigenvalue weighted by Crippen LogP contribution is 2.15. The van der Waals surface area contributed by atoms with Gasteiger partial charge in [0.2, 0.25) is 0 Å². The maximum atomic E-state index is 9.70. The van der Waals surface area contributed by atoms with E-state index in [2.05, 4.69) is 15.5 Å². The van der Waals surface area contributed by atoms with Crippen LogP contribution in [0.1, 0.15) is 0 Å². The fraction of sp³-hybridized carbons (Fsp3) is 1.00. The Labute approximate surface area is 96.2 Å². The largest absolute Gasteiger partial charge is 0.390 e. The van der Waals surface area contributed by atoms with Crippen LogP contribution in [0.2, 0.25) is 0 Å². The van der Waals surface area contributed by atoms with Crippen molar-refractivity contribution in [2.24, 2.45) is 0 Å². The van der Waals surface area contributed by atoms with Crippen LogP contribution >= 0.6 is 12.4 Å². The molecule has 0 unspecified atom stereocenters. The molecular formula is C9H20ClN3O2. The summed E-state index contributed by atoms with van der Waals surface area (Å²) < 4.78 is 0. The molecule has 0 bridgehead atoms. The lowest BCUT2D eigenvalue weighted by Crippen LogP contribution is -2.51. The van der Waals surface area contributed by atoms with Gasteiger partial charge < -0.3 is 20.8 Å². The van der Waals surface area contributed by atoms with E-state index < -0.39 is 0 Å². The van der Waals surface area contributed by atoms with E-state index in [1.165, 1.54) is 0 Å². The number of halogens is 1. The second-order valence-electron chi connectivity index (χ2n) is 4.25. The van der Waals surface area contributed by atoms with Crippen molar-refractivity contribution in [1.82, 2.24) is 15.5 Å². The number of rotatable bonds is 2. The van der Waals surface area contributed by atoms with Crippen molar-refractivity contribution < 1.29 is 10.2 Å². The fourth-order valence-electron chi connectivity index (χ4n) is 2.38. The van der Waals surface area contributed by atoms with Gasteiger partial charge in [0.15, 0.2) is 0 Å². The highest BCUT2D eigenvalue weighted by atomic mass is 35.5. The molecule has 0 aromatic heterocycles. The van der Waals surface area contributed by atoms with Gasteiger partial charge in [-0.15, -0.1) is 12.4 Å². The van der Waals surface area contributed by atoms with Crippen molar-refractivity contribution >= 4 is 12.4 Å². The van der Waals surface area contributed by atoms with Crippen LogP contribution in [0.4, 0.5) is 0 Å². The summed E-state index contributed by atoms with van der Waals surface area (Å²) in [6, 6.07) is 0.268. The quantitative estimate of drug-likeness (QED) is 0.448. The van der Waals surface area contributed by atoms with Gasteiger partial charge in [0.25, 0.3) is 0 Å². The first kappa shape index (κ1) is 13.2. The normalized spacial score (nSPS) is 40.8. The number of likely N-dealkylation sites (N-methyl/N-ethyl adjacent to an activating group) is 1. The van der Waals surface area contributed by atoms with Crippen LogP contribution in [-0.2, 0) is 0 Å². The second kappa shape index (κ2) is 5.43. The first-order valence-corrected chi connectivity index (χ1v) is 5.19. The van der Waals surface area contributed by atoms with Crippen LogP contribution in [0.25, 0.3) is 0 Å². The summed E-state index contributed by atoms with van der Waals surface area (Å²) in [5.41, 5.74) is 0. The Morgan fingerprint density at radius 2 is 1.33 bits per heavy atom. The Hall–Kier alpha value is 0.0900. The van der Waals surface area contributed by atoms with Crippen molar-refractivity contribution in [1.29, 1.82) is 0 Å². The summed E-state index contributed by atoms with van der Waals surface area (Å²) in [6.07, 6.45) is -0.624. The Morgan fingerprint density at radius 3 is 1.60 bits per heavy atom. The molecule has 0 aromatic rings. The van der Waals surface area contributed by atoms with Crippen molar-refractivity contribution in [3.63, 3.8) is 0 Å². The lowest BCUT2D eigenvalue weighted by molar-refractivity contribution is 0.0345. The molecule has 0 spiro atoms. The summed E-state index contributed by atoms with van der Waals surface area (Å²) in [5, 5.41) is 25.7. The molecule has 90 valence electrons. The van der Waals surface area contributed by atoms with Crippen LogP contribution in [0, 0.1) is 0 Å². The molecule has 2 aliphatic rings. The fourth-order valence-corrected chi connectivity index (χ4v) is 2.38. The lowest BCUT2D eigenvalue weighted by atomic mass is 10.1. The minimum Gasteiger partial charge on any atom is -0.390 e. The van der Waals surface area contributed by atoms with Crippen molar-refractivity contribution in [3.05, 3.63) is 0 Å². The number of nitrogens with one attached hydrogen (secondary N) is 2. The zero-order chi connectivity index (χ0) is 10.1. The number of hydrogen-bond acceptors (Lipinski definition) is 5. The van der Waals surface area contributed by atoms with Gasteiger partial charge in [-0.05, 0) is 7.05 Å². The molecule has 2 saturated heterocycles. The third-order valence-corrected chi connectivity index (χ3v) is 3.35. The molecule has 0 aliphatic carbocycles. The van der Waals surface area contributed by atoms with Gasteiger partial charge in [-0.2, -0.15) is 0 Å². The number of aliphatic hydroxyl groups excluding tert-OH is 2. The Bertz CT molecular complexity index is 188. The molecule has 2 fully saturated rings. The highest BCUT2D eigenvalue weighted by Gasteiger charge is 2.36. The molecule has 5 nitrogen and oxygen atoms in total. The van der Waals surface area contributed by atoms with Gasteiger partial charge in [0.05, 0.1) is 12.2 Å². The average Bonchev–Trinajstić information content (AvgIpc) is 2.73. The van der Waals surface area contributed by atoms with Gasteiger partial charge in [0.1, 0.15) is 0 Å². The van der Waals surface area contributed by atoms with Gasteiger partial charge in [-0.1, -0.05) is 0 Å². The van der Waals surface area contributed by atoms with Gasteiger partial charge in [-0.25, -0.2) is 0 Å². The van der Waals surface area contributed by atoms with Crippen LogP contribution in [-0.4, -0.2) is 72.6 Å². The van der Waals surface area contributed by atoms with Gasteiger partial charge in [0, 0.05) is 38.3 Å². The van der Waals surface area contributed by atoms with Crippen LogP contribution in [0.5, 0.6) is 0 Å². The molecule has 2 aliphatic heterocycles. The van der Waals surface area contributed by atoms with E-state index in [-0.39, 0.29) is 36.7 Å². The van der Waals surface area contributed by atoms with Crippen LogP contribution in [0.3, 0.4) is 0 Å². The predicted octanol–water partition coefficient (Wildman–Crippen LogP) is -1.99. The zero-order valence-electron chi connectivity index (χ0n) is 8.89. The van der Waals surface area contributed by atoms with Gasteiger partial charge in [-0.3, -0.25) is 4.90 Å². The molecule has 0 aromatic carbocycles. The van der Waals surface area contributed by atoms with E-state index in [0.29, 0.717) is 13.1 Å². The smallest absolute Gasteiger partial charge is 0.0831 e. The summed E-state index contributed by atoms with van der Waals surface area (Å²) in [7, 11) is 1.97. The third kappa shape index (κ3) is 2.61. The maximum absolute atomic E-state index is 9.70. The maximum Gasteiger partial charge on any atom is 0.0831 e. The molecule has 0 radical (unpaired) electrons. The SMILES string of the molecule is CN([C@@H]1CNC[C@H]1O)[C@@H]1CNC[C@H]1O.Cl. The molecule has 15 heavy (non-hydrogen) atoms.